The summed E-state index contributed by atoms with van der Waals surface area (Å²) in [4.78, 5) is 7.72. The Labute approximate surface area is 88.4 Å². The summed E-state index contributed by atoms with van der Waals surface area (Å²) in [6, 6.07) is 0. The zero-order valence-corrected chi connectivity index (χ0v) is 9.69. The first-order valence-electron chi connectivity index (χ1n) is 4.84. The lowest BCUT2D eigenvalue weighted by Crippen LogP contribution is -2.53. The lowest BCUT2D eigenvalue weighted by Gasteiger charge is -2.45. The minimum absolute atomic E-state index is 0.112. The van der Waals surface area contributed by atoms with E-state index in [0.717, 1.165) is 28.8 Å². The van der Waals surface area contributed by atoms with Crippen LogP contribution in [0.25, 0.3) is 0 Å². The summed E-state index contributed by atoms with van der Waals surface area (Å²) in [6.07, 6.45) is 0. The summed E-state index contributed by atoms with van der Waals surface area (Å²) in [7, 11) is 0. The van der Waals surface area contributed by atoms with Crippen molar-refractivity contribution in [1.82, 2.24) is 4.98 Å². The third-order valence-corrected chi connectivity index (χ3v) is 3.74. The summed E-state index contributed by atoms with van der Waals surface area (Å²) in [5, 5.41) is 10.1. The first-order chi connectivity index (χ1) is 6.52. The fraction of sp³-hybridized carbons (Fsp3) is 0.700. The molecule has 14 heavy (non-hydrogen) atoms. The van der Waals surface area contributed by atoms with Crippen molar-refractivity contribution in [1.29, 1.82) is 0 Å². The van der Waals surface area contributed by atoms with Gasteiger partial charge in [-0.3, -0.25) is 0 Å². The van der Waals surface area contributed by atoms with Crippen molar-refractivity contribution < 1.29 is 5.11 Å². The van der Waals surface area contributed by atoms with Gasteiger partial charge in [-0.05, 0) is 12.3 Å². The normalized spacial score (nSPS) is 19.6. The van der Waals surface area contributed by atoms with E-state index in [-0.39, 0.29) is 6.61 Å². The van der Waals surface area contributed by atoms with Crippen LogP contribution in [0.1, 0.15) is 24.4 Å². The van der Waals surface area contributed by atoms with Crippen LogP contribution in [0.15, 0.2) is 0 Å². The van der Waals surface area contributed by atoms with Crippen LogP contribution in [-0.2, 0) is 6.61 Å². The second-order valence-corrected chi connectivity index (χ2v) is 5.75. The van der Waals surface area contributed by atoms with Crippen molar-refractivity contribution >= 4 is 16.5 Å². The topological polar surface area (TPSA) is 36.4 Å². The van der Waals surface area contributed by atoms with Crippen molar-refractivity contribution in [3.63, 3.8) is 0 Å². The Morgan fingerprint density at radius 1 is 1.50 bits per heavy atom. The highest BCUT2D eigenvalue weighted by atomic mass is 32.1. The summed E-state index contributed by atoms with van der Waals surface area (Å²) in [5.41, 5.74) is 1.40. The molecule has 1 saturated heterocycles. The molecule has 0 spiro atoms. The second kappa shape index (κ2) is 3.21. The number of thiazole rings is 1. The molecule has 0 aliphatic carbocycles. The summed E-state index contributed by atoms with van der Waals surface area (Å²) in [6.45, 7) is 8.74. The van der Waals surface area contributed by atoms with Crippen LogP contribution in [0.5, 0.6) is 0 Å². The lowest BCUT2D eigenvalue weighted by atomic mass is 9.85. The van der Waals surface area contributed by atoms with Crippen molar-refractivity contribution in [3.05, 3.63) is 10.6 Å². The average Bonchev–Trinajstić information content (AvgIpc) is 2.42. The molecule has 78 valence electrons. The fourth-order valence-corrected chi connectivity index (χ4v) is 2.74. The van der Waals surface area contributed by atoms with Gasteiger partial charge in [0, 0.05) is 13.1 Å². The molecule has 1 aliphatic heterocycles. The number of aliphatic hydroxyl groups is 1. The molecule has 2 rings (SSSR count). The molecule has 1 aromatic heterocycles. The summed E-state index contributed by atoms with van der Waals surface area (Å²) >= 11 is 1.61. The first kappa shape index (κ1) is 9.93. The van der Waals surface area contributed by atoms with Gasteiger partial charge in [0.05, 0.1) is 17.2 Å². The first-order valence-corrected chi connectivity index (χ1v) is 5.65. The smallest absolute Gasteiger partial charge is 0.185 e. The minimum atomic E-state index is 0.112. The van der Waals surface area contributed by atoms with Crippen LogP contribution in [-0.4, -0.2) is 23.2 Å². The van der Waals surface area contributed by atoms with Crippen LogP contribution < -0.4 is 4.90 Å². The van der Waals surface area contributed by atoms with Gasteiger partial charge >= 0.3 is 0 Å². The molecule has 2 heterocycles. The Hall–Kier alpha value is -0.610. The maximum atomic E-state index is 9.06. The maximum Gasteiger partial charge on any atom is 0.185 e. The van der Waals surface area contributed by atoms with E-state index in [4.69, 9.17) is 5.11 Å². The highest BCUT2D eigenvalue weighted by Gasteiger charge is 2.35. The SMILES string of the molecule is Cc1nc(N2CC(C)(C)C2)sc1CO. The summed E-state index contributed by atoms with van der Waals surface area (Å²) < 4.78 is 0. The van der Waals surface area contributed by atoms with E-state index in [2.05, 4.69) is 23.7 Å². The van der Waals surface area contributed by atoms with E-state index >= 15 is 0 Å². The van der Waals surface area contributed by atoms with Gasteiger partial charge in [0.25, 0.3) is 0 Å². The number of aromatic nitrogens is 1. The zero-order chi connectivity index (χ0) is 10.3. The fourth-order valence-electron chi connectivity index (χ4n) is 1.82. The van der Waals surface area contributed by atoms with Gasteiger partial charge in [-0.1, -0.05) is 25.2 Å². The van der Waals surface area contributed by atoms with Gasteiger partial charge in [-0.2, -0.15) is 0 Å². The quantitative estimate of drug-likeness (QED) is 0.812. The molecule has 1 fully saturated rings. The third kappa shape index (κ3) is 1.64. The molecule has 0 unspecified atom stereocenters. The number of anilines is 1. The van der Waals surface area contributed by atoms with Gasteiger partial charge in [0.15, 0.2) is 5.13 Å². The Balaban J connectivity index is 2.11. The Morgan fingerprint density at radius 2 is 2.14 bits per heavy atom. The number of nitrogens with zero attached hydrogens (tertiary/aromatic N) is 2. The molecule has 1 aliphatic rings. The van der Waals surface area contributed by atoms with E-state index in [1.165, 1.54) is 0 Å². The molecule has 0 atom stereocenters. The number of rotatable bonds is 2. The minimum Gasteiger partial charge on any atom is -0.391 e. The van der Waals surface area contributed by atoms with Crippen LogP contribution >= 0.6 is 11.3 Å². The van der Waals surface area contributed by atoms with E-state index in [1.807, 2.05) is 6.92 Å². The van der Waals surface area contributed by atoms with Gasteiger partial charge in [0.1, 0.15) is 0 Å². The molecule has 0 saturated carbocycles. The molecule has 0 aromatic carbocycles. The van der Waals surface area contributed by atoms with E-state index in [1.54, 1.807) is 11.3 Å². The van der Waals surface area contributed by atoms with Gasteiger partial charge < -0.3 is 10.0 Å². The number of aryl methyl sites for hydroxylation is 1. The second-order valence-electron chi connectivity index (χ2n) is 4.68. The molecule has 1 aromatic rings. The summed E-state index contributed by atoms with van der Waals surface area (Å²) in [5.74, 6) is 0. The van der Waals surface area contributed by atoms with E-state index < -0.39 is 0 Å². The van der Waals surface area contributed by atoms with Crippen molar-refractivity contribution in [2.75, 3.05) is 18.0 Å². The zero-order valence-electron chi connectivity index (χ0n) is 8.87. The molecular weight excluding hydrogens is 196 g/mol. The average molecular weight is 212 g/mol. The van der Waals surface area contributed by atoms with Gasteiger partial charge in [-0.25, -0.2) is 4.98 Å². The number of aliphatic hydroxyl groups excluding tert-OH is 1. The van der Waals surface area contributed by atoms with Crippen molar-refractivity contribution in [2.45, 2.75) is 27.4 Å². The Kier molecular flexibility index (Phi) is 2.27. The standard InChI is InChI=1S/C10H16N2OS/c1-7-8(4-13)14-9(11-7)12-5-10(2,3)6-12/h13H,4-6H2,1-3H3. The predicted molar refractivity (Wildman–Crippen MR) is 58.8 cm³/mol. The predicted octanol–water partition coefficient (Wildman–Crippen LogP) is 1.79. The molecule has 1 N–H and O–H groups in total. The Bertz CT molecular complexity index is 338. The highest BCUT2D eigenvalue weighted by Crippen LogP contribution is 2.36. The van der Waals surface area contributed by atoms with Crippen molar-refractivity contribution in [3.8, 4) is 0 Å². The third-order valence-electron chi connectivity index (χ3n) is 2.53. The van der Waals surface area contributed by atoms with Crippen LogP contribution in [0.4, 0.5) is 5.13 Å². The van der Waals surface area contributed by atoms with Gasteiger partial charge in [0.2, 0.25) is 0 Å². The van der Waals surface area contributed by atoms with Crippen LogP contribution in [0, 0.1) is 12.3 Å². The van der Waals surface area contributed by atoms with Crippen LogP contribution in [0.2, 0.25) is 0 Å². The largest absolute Gasteiger partial charge is 0.391 e. The molecule has 4 heteroatoms. The lowest BCUT2D eigenvalue weighted by molar-refractivity contribution is 0.276. The Morgan fingerprint density at radius 3 is 2.57 bits per heavy atom. The van der Waals surface area contributed by atoms with Crippen LogP contribution in [0.3, 0.4) is 0 Å². The molecular formula is C10H16N2OS. The van der Waals surface area contributed by atoms with Crippen molar-refractivity contribution in [2.24, 2.45) is 5.41 Å². The van der Waals surface area contributed by atoms with E-state index in [9.17, 15) is 0 Å². The molecule has 0 amide bonds. The molecule has 0 bridgehead atoms. The van der Waals surface area contributed by atoms with E-state index in [0.29, 0.717) is 5.41 Å². The molecule has 3 nitrogen and oxygen atoms in total. The monoisotopic (exact) mass is 212 g/mol. The number of hydrogen-bond acceptors (Lipinski definition) is 4. The molecule has 0 radical (unpaired) electrons. The van der Waals surface area contributed by atoms with Gasteiger partial charge in [-0.15, -0.1) is 0 Å². The maximum absolute atomic E-state index is 9.06. The highest BCUT2D eigenvalue weighted by molar-refractivity contribution is 7.15. The number of hydrogen-bond donors (Lipinski definition) is 1.